The van der Waals surface area contributed by atoms with Gasteiger partial charge < -0.3 is 15.8 Å². The molecule has 0 aromatic heterocycles. The van der Waals surface area contributed by atoms with Crippen LogP contribution in [0.15, 0.2) is 0 Å². The van der Waals surface area contributed by atoms with Crippen molar-refractivity contribution in [2.75, 3.05) is 7.11 Å². The van der Waals surface area contributed by atoms with Crippen molar-refractivity contribution in [3.63, 3.8) is 0 Å². The molecule has 94 valence electrons. The minimum atomic E-state index is -0.314. The molecule has 0 heterocycles. The molecule has 1 amide bonds. The summed E-state index contributed by atoms with van der Waals surface area (Å²) in [4.78, 5) is 11.4. The fourth-order valence-corrected chi connectivity index (χ4v) is 2.19. The highest BCUT2D eigenvalue weighted by Crippen LogP contribution is 2.21. The molecule has 16 heavy (non-hydrogen) atoms. The molecule has 4 nitrogen and oxygen atoms in total. The molecular weight excluding hydrogens is 204 g/mol. The molecule has 1 atom stereocenters. The molecule has 0 spiro atoms. The van der Waals surface area contributed by atoms with Crippen LogP contribution in [-0.2, 0) is 9.53 Å². The van der Waals surface area contributed by atoms with Gasteiger partial charge in [0.2, 0.25) is 5.91 Å². The van der Waals surface area contributed by atoms with E-state index in [0.717, 1.165) is 12.8 Å². The lowest BCUT2D eigenvalue weighted by Crippen LogP contribution is -2.49. The molecule has 1 unspecified atom stereocenters. The van der Waals surface area contributed by atoms with Crippen molar-refractivity contribution in [2.24, 2.45) is 5.73 Å². The van der Waals surface area contributed by atoms with Crippen LogP contribution in [0.5, 0.6) is 0 Å². The maximum atomic E-state index is 11.4. The smallest absolute Gasteiger partial charge is 0.234 e. The number of ether oxygens (including phenoxy) is 1. The normalized spacial score (nSPS) is 19.9. The Morgan fingerprint density at radius 1 is 1.50 bits per heavy atom. The lowest BCUT2D eigenvalue weighted by Gasteiger charge is -2.29. The summed E-state index contributed by atoms with van der Waals surface area (Å²) in [7, 11) is 1.66. The van der Waals surface area contributed by atoms with E-state index in [9.17, 15) is 4.79 Å². The number of nitrogens with two attached hydrogens (primary N) is 1. The second kappa shape index (κ2) is 5.64. The van der Waals surface area contributed by atoms with E-state index in [0.29, 0.717) is 12.5 Å². The summed E-state index contributed by atoms with van der Waals surface area (Å²) in [5, 5.41) is 3.35. The maximum absolute atomic E-state index is 11.4. The van der Waals surface area contributed by atoms with Crippen LogP contribution in [-0.4, -0.2) is 30.7 Å². The SMILES string of the molecule is COC(C)(C)CC(NC1CCCC1)C(N)=O. The van der Waals surface area contributed by atoms with E-state index in [2.05, 4.69) is 5.32 Å². The van der Waals surface area contributed by atoms with Gasteiger partial charge in [0, 0.05) is 19.6 Å². The summed E-state index contributed by atoms with van der Waals surface area (Å²) in [6.07, 6.45) is 5.41. The number of primary amides is 1. The molecule has 0 saturated heterocycles. The highest BCUT2D eigenvalue weighted by Gasteiger charge is 2.29. The van der Waals surface area contributed by atoms with Crippen LogP contribution >= 0.6 is 0 Å². The summed E-state index contributed by atoms with van der Waals surface area (Å²) >= 11 is 0. The van der Waals surface area contributed by atoms with Crippen LogP contribution in [0.4, 0.5) is 0 Å². The Balaban J connectivity index is 2.50. The van der Waals surface area contributed by atoms with Gasteiger partial charge in [-0.25, -0.2) is 0 Å². The summed E-state index contributed by atoms with van der Waals surface area (Å²) in [5.74, 6) is -0.281. The largest absolute Gasteiger partial charge is 0.379 e. The summed E-state index contributed by atoms with van der Waals surface area (Å²) < 4.78 is 5.34. The van der Waals surface area contributed by atoms with E-state index in [1.165, 1.54) is 12.8 Å². The molecule has 3 N–H and O–H groups in total. The highest BCUT2D eigenvalue weighted by atomic mass is 16.5. The molecule has 0 aliphatic heterocycles. The predicted octanol–water partition coefficient (Wildman–Crippen LogP) is 1.19. The standard InChI is InChI=1S/C12H24N2O2/c1-12(2,16-3)8-10(11(13)15)14-9-6-4-5-7-9/h9-10,14H,4-8H2,1-3H3,(H2,13,15). The minimum absolute atomic E-state index is 0.280. The van der Waals surface area contributed by atoms with Crippen molar-refractivity contribution >= 4 is 5.91 Å². The molecule has 0 aromatic carbocycles. The summed E-state index contributed by atoms with van der Waals surface area (Å²) in [6.45, 7) is 3.94. The first kappa shape index (κ1) is 13.5. The number of carbonyl (C=O) groups is 1. The second-order valence-corrected chi connectivity index (χ2v) is 5.27. The lowest BCUT2D eigenvalue weighted by atomic mass is 9.97. The number of nitrogens with one attached hydrogen (secondary N) is 1. The third-order valence-electron chi connectivity index (χ3n) is 3.38. The van der Waals surface area contributed by atoms with Crippen LogP contribution in [0.3, 0.4) is 0 Å². The van der Waals surface area contributed by atoms with Crippen molar-refractivity contribution in [3.8, 4) is 0 Å². The zero-order valence-electron chi connectivity index (χ0n) is 10.6. The third-order valence-corrected chi connectivity index (χ3v) is 3.38. The van der Waals surface area contributed by atoms with Gasteiger partial charge in [0.15, 0.2) is 0 Å². The van der Waals surface area contributed by atoms with Gasteiger partial charge in [-0.2, -0.15) is 0 Å². The number of rotatable bonds is 6. The number of methoxy groups -OCH3 is 1. The number of amides is 1. The van der Waals surface area contributed by atoms with Gasteiger partial charge >= 0.3 is 0 Å². The van der Waals surface area contributed by atoms with E-state index in [1.54, 1.807) is 7.11 Å². The average molecular weight is 228 g/mol. The van der Waals surface area contributed by atoms with Crippen molar-refractivity contribution in [1.29, 1.82) is 0 Å². The topological polar surface area (TPSA) is 64.3 Å². The molecule has 1 aliphatic carbocycles. The van der Waals surface area contributed by atoms with Crippen molar-refractivity contribution < 1.29 is 9.53 Å². The van der Waals surface area contributed by atoms with E-state index in [4.69, 9.17) is 10.5 Å². The zero-order chi connectivity index (χ0) is 12.2. The van der Waals surface area contributed by atoms with Crippen LogP contribution in [0.1, 0.15) is 46.0 Å². The van der Waals surface area contributed by atoms with Gasteiger partial charge in [-0.1, -0.05) is 12.8 Å². The number of hydrogen-bond donors (Lipinski definition) is 2. The van der Waals surface area contributed by atoms with E-state index < -0.39 is 0 Å². The molecule has 0 radical (unpaired) electrons. The minimum Gasteiger partial charge on any atom is -0.379 e. The highest BCUT2D eigenvalue weighted by molar-refractivity contribution is 5.80. The fourth-order valence-electron chi connectivity index (χ4n) is 2.19. The van der Waals surface area contributed by atoms with Crippen molar-refractivity contribution in [2.45, 2.75) is 63.6 Å². The third kappa shape index (κ3) is 4.10. The number of hydrogen-bond acceptors (Lipinski definition) is 3. The Morgan fingerprint density at radius 2 is 2.06 bits per heavy atom. The molecule has 4 heteroatoms. The monoisotopic (exact) mass is 228 g/mol. The lowest BCUT2D eigenvalue weighted by molar-refractivity contribution is -0.122. The van der Waals surface area contributed by atoms with E-state index in [1.807, 2.05) is 13.8 Å². The molecule has 1 saturated carbocycles. The van der Waals surface area contributed by atoms with Crippen molar-refractivity contribution in [3.05, 3.63) is 0 Å². The van der Waals surface area contributed by atoms with Crippen LogP contribution in [0.2, 0.25) is 0 Å². The Hall–Kier alpha value is -0.610. The van der Waals surface area contributed by atoms with Crippen molar-refractivity contribution in [1.82, 2.24) is 5.32 Å². The molecule has 1 fully saturated rings. The van der Waals surface area contributed by atoms with Crippen LogP contribution < -0.4 is 11.1 Å². The quantitative estimate of drug-likeness (QED) is 0.717. The Morgan fingerprint density at radius 3 is 2.50 bits per heavy atom. The zero-order valence-corrected chi connectivity index (χ0v) is 10.6. The van der Waals surface area contributed by atoms with Gasteiger partial charge in [-0.05, 0) is 26.7 Å². The maximum Gasteiger partial charge on any atom is 0.234 e. The Kier molecular flexibility index (Phi) is 4.74. The Labute approximate surface area is 97.9 Å². The number of carbonyl (C=O) groups excluding carboxylic acids is 1. The average Bonchev–Trinajstić information content (AvgIpc) is 2.69. The molecule has 0 bridgehead atoms. The van der Waals surface area contributed by atoms with Gasteiger partial charge in [-0.15, -0.1) is 0 Å². The molecule has 1 rings (SSSR count). The first-order valence-corrected chi connectivity index (χ1v) is 6.05. The summed E-state index contributed by atoms with van der Waals surface area (Å²) in [6, 6.07) is 0.170. The molecule has 0 aromatic rings. The second-order valence-electron chi connectivity index (χ2n) is 5.27. The van der Waals surface area contributed by atoms with Gasteiger partial charge in [0.25, 0.3) is 0 Å². The van der Waals surface area contributed by atoms with Crippen LogP contribution in [0.25, 0.3) is 0 Å². The predicted molar refractivity (Wildman–Crippen MR) is 64.1 cm³/mol. The van der Waals surface area contributed by atoms with E-state index >= 15 is 0 Å². The summed E-state index contributed by atoms with van der Waals surface area (Å²) in [5.41, 5.74) is 5.11. The first-order valence-electron chi connectivity index (χ1n) is 6.05. The molecular formula is C12H24N2O2. The molecule has 1 aliphatic rings. The van der Waals surface area contributed by atoms with Crippen LogP contribution in [0, 0.1) is 0 Å². The van der Waals surface area contributed by atoms with Gasteiger partial charge in [0.1, 0.15) is 0 Å². The first-order chi connectivity index (χ1) is 7.44. The fraction of sp³-hybridized carbons (Fsp3) is 0.917. The van der Waals surface area contributed by atoms with Gasteiger partial charge in [-0.3, -0.25) is 4.79 Å². The van der Waals surface area contributed by atoms with Gasteiger partial charge in [0.05, 0.1) is 11.6 Å². The van der Waals surface area contributed by atoms with E-state index in [-0.39, 0.29) is 17.6 Å². The Bertz CT molecular complexity index is 235.